The molecule has 0 heterocycles. The van der Waals surface area contributed by atoms with Gasteiger partial charge in [0.2, 0.25) is 0 Å². The molecule has 2 aromatic rings. The van der Waals surface area contributed by atoms with Crippen LogP contribution in [0.1, 0.15) is 43.7 Å². The molecular weight excluding hydrogens is 242 g/mol. The van der Waals surface area contributed by atoms with Crippen molar-refractivity contribution in [2.24, 2.45) is 0 Å². The minimum atomic E-state index is 0.461. The van der Waals surface area contributed by atoms with Gasteiger partial charge in [-0.25, -0.2) is 0 Å². The summed E-state index contributed by atoms with van der Waals surface area (Å²) in [4.78, 5) is 0. The summed E-state index contributed by atoms with van der Waals surface area (Å²) in [6.45, 7) is 3.77. The van der Waals surface area contributed by atoms with Crippen LogP contribution >= 0.6 is 0 Å². The largest absolute Gasteiger partial charge is 0.313 e. The molecule has 0 aliphatic rings. The number of fused-ring (bicyclic) bond motifs is 1. The summed E-state index contributed by atoms with van der Waals surface area (Å²) in [7, 11) is 2.06. The molecule has 0 bridgehead atoms. The van der Waals surface area contributed by atoms with Crippen molar-refractivity contribution in [2.45, 2.75) is 38.1 Å². The molecule has 2 aromatic carbocycles. The molecule has 1 heteroatoms. The predicted octanol–water partition coefficient (Wildman–Crippen LogP) is 5.24. The van der Waals surface area contributed by atoms with Crippen LogP contribution in [0.4, 0.5) is 0 Å². The summed E-state index contributed by atoms with van der Waals surface area (Å²) in [5, 5.41) is 6.10. The maximum absolute atomic E-state index is 3.77. The van der Waals surface area contributed by atoms with Gasteiger partial charge in [0.25, 0.3) is 0 Å². The molecule has 0 radical (unpaired) electrons. The van der Waals surface area contributed by atoms with Crippen molar-refractivity contribution in [3.63, 3.8) is 0 Å². The molecule has 0 fully saturated rings. The van der Waals surface area contributed by atoms with Crippen LogP contribution in [0.25, 0.3) is 10.8 Å². The van der Waals surface area contributed by atoms with Gasteiger partial charge in [-0.05, 0) is 48.7 Å². The van der Waals surface area contributed by atoms with E-state index in [0.29, 0.717) is 6.04 Å². The SMILES string of the molecule is C=CCCCCCC(NC)c1ccc2ccccc2c1. The Balaban J connectivity index is 1.99. The van der Waals surface area contributed by atoms with Gasteiger partial charge in [0.05, 0.1) is 0 Å². The average molecular weight is 267 g/mol. The predicted molar refractivity (Wildman–Crippen MR) is 89.0 cm³/mol. The molecule has 1 nitrogen and oxygen atoms in total. The number of nitrogens with one attached hydrogen (secondary N) is 1. The van der Waals surface area contributed by atoms with E-state index in [1.807, 2.05) is 6.08 Å². The first kappa shape index (κ1) is 14.8. The van der Waals surface area contributed by atoms with Crippen molar-refractivity contribution in [3.05, 3.63) is 60.7 Å². The fourth-order valence-electron chi connectivity index (χ4n) is 2.72. The third-order valence-electron chi connectivity index (χ3n) is 3.93. The van der Waals surface area contributed by atoms with E-state index in [-0.39, 0.29) is 0 Å². The van der Waals surface area contributed by atoms with E-state index in [1.54, 1.807) is 0 Å². The van der Waals surface area contributed by atoms with Gasteiger partial charge in [-0.15, -0.1) is 6.58 Å². The first-order chi connectivity index (χ1) is 9.85. The second-order valence-corrected chi connectivity index (χ2v) is 5.37. The second-order valence-electron chi connectivity index (χ2n) is 5.37. The van der Waals surface area contributed by atoms with Gasteiger partial charge in [0, 0.05) is 6.04 Å². The Morgan fingerprint density at radius 3 is 2.60 bits per heavy atom. The van der Waals surface area contributed by atoms with Gasteiger partial charge in [-0.3, -0.25) is 0 Å². The number of allylic oxidation sites excluding steroid dienone is 1. The smallest absolute Gasteiger partial charge is 0.0317 e. The molecule has 20 heavy (non-hydrogen) atoms. The minimum Gasteiger partial charge on any atom is -0.313 e. The third kappa shape index (κ3) is 3.94. The highest BCUT2D eigenvalue weighted by molar-refractivity contribution is 5.83. The zero-order valence-corrected chi connectivity index (χ0v) is 12.4. The number of unbranched alkanes of at least 4 members (excludes halogenated alkanes) is 3. The number of hydrogen-bond donors (Lipinski definition) is 1. The Kier molecular flexibility index (Phi) is 5.82. The monoisotopic (exact) mass is 267 g/mol. The van der Waals surface area contributed by atoms with Crippen LogP contribution in [-0.4, -0.2) is 7.05 Å². The molecule has 2 rings (SSSR count). The maximum atomic E-state index is 3.77. The zero-order valence-electron chi connectivity index (χ0n) is 12.4. The van der Waals surface area contributed by atoms with Gasteiger partial charge in [-0.2, -0.15) is 0 Å². The van der Waals surface area contributed by atoms with Crippen LogP contribution in [0, 0.1) is 0 Å². The Labute approximate surface area is 122 Å². The third-order valence-corrected chi connectivity index (χ3v) is 3.93. The van der Waals surface area contributed by atoms with Crippen molar-refractivity contribution in [3.8, 4) is 0 Å². The highest BCUT2D eigenvalue weighted by Gasteiger charge is 2.09. The first-order valence-electron chi connectivity index (χ1n) is 7.62. The quantitative estimate of drug-likeness (QED) is 0.509. The normalized spacial score (nSPS) is 12.4. The Morgan fingerprint density at radius 1 is 1.05 bits per heavy atom. The summed E-state index contributed by atoms with van der Waals surface area (Å²) in [6.07, 6.45) is 8.17. The van der Waals surface area contributed by atoms with Gasteiger partial charge < -0.3 is 5.32 Å². The summed E-state index contributed by atoms with van der Waals surface area (Å²) < 4.78 is 0. The van der Waals surface area contributed by atoms with Crippen LogP contribution in [0.3, 0.4) is 0 Å². The fraction of sp³-hybridized carbons (Fsp3) is 0.368. The summed E-state index contributed by atoms with van der Waals surface area (Å²) in [5.41, 5.74) is 1.40. The molecular formula is C19H25N. The summed E-state index contributed by atoms with van der Waals surface area (Å²) >= 11 is 0. The Morgan fingerprint density at radius 2 is 1.85 bits per heavy atom. The van der Waals surface area contributed by atoms with Gasteiger partial charge in [0.1, 0.15) is 0 Å². The molecule has 0 aliphatic heterocycles. The van der Waals surface area contributed by atoms with Crippen molar-refractivity contribution < 1.29 is 0 Å². The van der Waals surface area contributed by atoms with Gasteiger partial charge in [-0.1, -0.05) is 55.3 Å². The fourth-order valence-corrected chi connectivity index (χ4v) is 2.72. The van der Waals surface area contributed by atoms with Gasteiger partial charge in [0.15, 0.2) is 0 Å². The maximum Gasteiger partial charge on any atom is 0.0317 e. The van der Waals surface area contributed by atoms with Gasteiger partial charge >= 0.3 is 0 Å². The van der Waals surface area contributed by atoms with E-state index in [9.17, 15) is 0 Å². The lowest BCUT2D eigenvalue weighted by molar-refractivity contribution is 0.508. The van der Waals surface area contributed by atoms with Crippen molar-refractivity contribution >= 4 is 10.8 Å². The molecule has 1 N–H and O–H groups in total. The van der Waals surface area contributed by atoms with E-state index >= 15 is 0 Å². The summed E-state index contributed by atoms with van der Waals surface area (Å²) in [6, 6.07) is 15.8. The first-order valence-corrected chi connectivity index (χ1v) is 7.62. The van der Waals surface area contributed by atoms with E-state index in [0.717, 1.165) is 6.42 Å². The topological polar surface area (TPSA) is 12.0 Å². The molecule has 1 atom stereocenters. The lowest BCUT2D eigenvalue weighted by atomic mass is 9.97. The molecule has 0 spiro atoms. The minimum absolute atomic E-state index is 0.461. The van der Waals surface area contributed by atoms with E-state index in [2.05, 4.69) is 61.4 Å². The number of benzene rings is 2. The van der Waals surface area contributed by atoms with Crippen LogP contribution in [0.2, 0.25) is 0 Å². The highest BCUT2D eigenvalue weighted by atomic mass is 14.9. The molecule has 0 saturated carbocycles. The molecule has 1 unspecified atom stereocenters. The van der Waals surface area contributed by atoms with Crippen molar-refractivity contribution in [1.29, 1.82) is 0 Å². The standard InChI is InChI=1S/C19H25N/c1-3-4-5-6-7-12-19(20-2)18-14-13-16-10-8-9-11-17(16)15-18/h3,8-11,13-15,19-20H,1,4-7,12H2,2H3. The van der Waals surface area contributed by atoms with E-state index < -0.39 is 0 Å². The van der Waals surface area contributed by atoms with Crippen LogP contribution in [-0.2, 0) is 0 Å². The molecule has 106 valence electrons. The molecule has 0 amide bonds. The Hall–Kier alpha value is -1.60. The molecule has 0 aliphatic carbocycles. The molecule has 0 aromatic heterocycles. The van der Waals surface area contributed by atoms with E-state index in [1.165, 1.54) is 42.0 Å². The Bertz CT molecular complexity index is 544. The highest BCUT2D eigenvalue weighted by Crippen LogP contribution is 2.24. The number of hydrogen-bond acceptors (Lipinski definition) is 1. The van der Waals surface area contributed by atoms with Crippen LogP contribution < -0.4 is 5.32 Å². The lowest BCUT2D eigenvalue weighted by Crippen LogP contribution is -2.16. The lowest BCUT2D eigenvalue weighted by Gasteiger charge is -2.17. The van der Waals surface area contributed by atoms with Crippen molar-refractivity contribution in [1.82, 2.24) is 5.32 Å². The van der Waals surface area contributed by atoms with Crippen molar-refractivity contribution in [2.75, 3.05) is 7.05 Å². The van der Waals surface area contributed by atoms with Crippen LogP contribution in [0.5, 0.6) is 0 Å². The second kappa shape index (κ2) is 7.86. The molecule has 0 saturated heterocycles. The zero-order chi connectivity index (χ0) is 14.2. The number of rotatable bonds is 8. The van der Waals surface area contributed by atoms with E-state index in [4.69, 9.17) is 0 Å². The van der Waals surface area contributed by atoms with Crippen LogP contribution in [0.15, 0.2) is 55.1 Å². The summed E-state index contributed by atoms with van der Waals surface area (Å²) in [5.74, 6) is 0. The average Bonchev–Trinajstić information content (AvgIpc) is 2.50.